The highest BCUT2D eigenvalue weighted by molar-refractivity contribution is 7.12. The Morgan fingerprint density at radius 1 is 1.16 bits per heavy atom. The van der Waals surface area contributed by atoms with E-state index >= 15 is 0 Å². The number of aryl methyl sites for hydroxylation is 1. The molecule has 2 aromatic carbocycles. The summed E-state index contributed by atoms with van der Waals surface area (Å²) in [5.41, 5.74) is 2.46. The number of thiazole rings is 1. The molecule has 162 valence electrons. The SMILES string of the molecule is Cc1cc(NC(=O)[C@@H](C)Oc2ccccc2)n(-c2nc(-c3ccc4c(c3)OCO4)cs2)n1. The van der Waals surface area contributed by atoms with Crippen LogP contribution < -0.4 is 19.5 Å². The Kier molecular flexibility index (Phi) is 5.24. The van der Waals surface area contributed by atoms with E-state index in [-0.39, 0.29) is 12.7 Å². The van der Waals surface area contributed by atoms with Crippen molar-refractivity contribution in [2.24, 2.45) is 0 Å². The summed E-state index contributed by atoms with van der Waals surface area (Å²) in [7, 11) is 0. The Hall–Kier alpha value is -3.85. The van der Waals surface area contributed by atoms with E-state index in [2.05, 4.69) is 10.4 Å². The van der Waals surface area contributed by atoms with E-state index < -0.39 is 6.10 Å². The first-order chi connectivity index (χ1) is 15.6. The van der Waals surface area contributed by atoms with Gasteiger partial charge in [0.05, 0.1) is 11.4 Å². The Morgan fingerprint density at radius 3 is 2.81 bits per heavy atom. The second kappa shape index (κ2) is 8.35. The number of hydrogen-bond donors (Lipinski definition) is 1. The number of amides is 1. The molecule has 0 fully saturated rings. The molecular weight excluding hydrogens is 428 g/mol. The third kappa shape index (κ3) is 4.02. The van der Waals surface area contributed by atoms with Gasteiger partial charge in [0.2, 0.25) is 11.9 Å². The van der Waals surface area contributed by atoms with E-state index in [0.29, 0.717) is 22.4 Å². The Morgan fingerprint density at radius 2 is 1.97 bits per heavy atom. The summed E-state index contributed by atoms with van der Waals surface area (Å²) < 4.78 is 18.2. The predicted molar refractivity (Wildman–Crippen MR) is 121 cm³/mol. The molecule has 32 heavy (non-hydrogen) atoms. The van der Waals surface area contributed by atoms with E-state index in [1.165, 1.54) is 11.3 Å². The topological polar surface area (TPSA) is 87.5 Å². The normalized spacial score (nSPS) is 13.1. The summed E-state index contributed by atoms with van der Waals surface area (Å²) in [6, 6.07) is 16.7. The highest BCUT2D eigenvalue weighted by atomic mass is 32.1. The van der Waals surface area contributed by atoms with E-state index in [4.69, 9.17) is 19.2 Å². The first kappa shape index (κ1) is 20.1. The van der Waals surface area contributed by atoms with Gasteiger partial charge in [0.15, 0.2) is 17.6 Å². The number of anilines is 1. The van der Waals surface area contributed by atoms with Crippen molar-refractivity contribution in [3.05, 3.63) is 65.7 Å². The maximum atomic E-state index is 12.7. The largest absolute Gasteiger partial charge is 0.481 e. The highest BCUT2D eigenvalue weighted by Gasteiger charge is 2.20. The average Bonchev–Trinajstić information content (AvgIpc) is 3.53. The summed E-state index contributed by atoms with van der Waals surface area (Å²) in [6.07, 6.45) is -0.679. The van der Waals surface area contributed by atoms with E-state index in [1.807, 2.05) is 60.8 Å². The molecule has 2 aromatic heterocycles. The molecule has 1 aliphatic rings. The zero-order valence-electron chi connectivity index (χ0n) is 17.4. The number of nitrogens with zero attached hydrogens (tertiary/aromatic N) is 3. The standard InChI is InChI=1S/C23H20N4O4S/c1-14-10-21(25-22(28)15(2)31-17-6-4-3-5-7-17)27(26-14)23-24-18(12-32-23)16-8-9-19-20(11-16)30-13-29-19/h3-12,15H,13H2,1-2H3,(H,25,28)/t15-/m1/s1. The molecule has 0 spiro atoms. The summed E-state index contributed by atoms with van der Waals surface area (Å²) in [5.74, 6) is 2.31. The summed E-state index contributed by atoms with van der Waals surface area (Å²) in [6.45, 7) is 3.79. The predicted octanol–water partition coefficient (Wildman–Crippen LogP) is 4.44. The van der Waals surface area contributed by atoms with Crippen LogP contribution >= 0.6 is 11.3 Å². The lowest BCUT2D eigenvalue weighted by molar-refractivity contribution is -0.122. The molecule has 0 aliphatic carbocycles. The number of rotatable bonds is 6. The van der Waals surface area contributed by atoms with Gasteiger partial charge >= 0.3 is 0 Å². The molecule has 8 nitrogen and oxygen atoms in total. The summed E-state index contributed by atoms with van der Waals surface area (Å²) in [4.78, 5) is 17.4. The van der Waals surface area contributed by atoms with Crippen LogP contribution in [-0.2, 0) is 4.79 Å². The number of carbonyl (C=O) groups excluding carboxylic acids is 1. The molecular formula is C23H20N4O4S. The maximum absolute atomic E-state index is 12.7. The molecule has 1 N–H and O–H groups in total. The summed E-state index contributed by atoms with van der Waals surface area (Å²) >= 11 is 1.43. The van der Waals surface area contributed by atoms with Crippen molar-refractivity contribution in [3.8, 4) is 33.6 Å². The quantitative estimate of drug-likeness (QED) is 0.469. The van der Waals surface area contributed by atoms with Crippen molar-refractivity contribution in [2.75, 3.05) is 12.1 Å². The Labute approximate surface area is 188 Å². The molecule has 5 rings (SSSR count). The minimum Gasteiger partial charge on any atom is -0.481 e. The fourth-order valence-corrected chi connectivity index (χ4v) is 4.06. The van der Waals surface area contributed by atoms with Gasteiger partial charge in [0.1, 0.15) is 11.6 Å². The number of carbonyl (C=O) groups is 1. The molecule has 0 radical (unpaired) electrons. The number of fused-ring (bicyclic) bond motifs is 1. The van der Waals surface area contributed by atoms with Crippen molar-refractivity contribution >= 4 is 23.1 Å². The van der Waals surface area contributed by atoms with Crippen LogP contribution in [0.1, 0.15) is 12.6 Å². The Balaban J connectivity index is 1.35. The van der Waals surface area contributed by atoms with Crippen LogP contribution in [0.25, 0.3) is 16.4 Å². The van der Waals surface area contributed by atoms with Gasteiger partial charge in [-0.1, -0.05) is 18.2 Å². The van der Waals surface area contributed by atoms with Crippen LogP contribution in [0.3, 0.4) is 0 Å². The van der Waals surface area contributed by atoms with Crippen LogP contribution in [0.2, 0.25) is 0 Å². The number of benzene rings is 2. The number of para-hydroxylation sites is 1. The van der Waals surface area contributed by atoms with Crippen LogP contribution in [-0.4, -0.2) is 33.6 Å². The molecule has 0 saturated carbocycles. The molecule has 1 aliphatic heterocycles. The fourth-order valence-electron chi connectivity index (χ4n) is 3.27. The lowest BCUT2D eigenvalue weighted by Crippen LogP contribution is -2.30. The first-order valence-electron chi connectivity index (χ1n) is 10.0. The average molecular weight is 449 g/mol. The number of ether oxygens (including phenoxy) is 3. The van der Waals surface area contributed by atoms with Crippen molar-refractivity contribution in [1.29, 1.82) is 0 Å². The second-order valence-corrected chi connectivity index (χ2v) is 8.07. The highest BCUT2D eigenvalue weighted by Crippen LogP contribution is 2.36. The number of aromatic nitrogens is 3. The minimum absolute atomic E-state index is 0.225. The number of nitrogens with one attached hydrogen (secondary N) is 1. The molecule has 4 aromatic rings. The second-order valence-electron chi connectivity index (χ2n) is 7.23. The molecule has 9 heteroatoms. The van der Waals surface area contributed by atoms with Gasteiger partial charge in [-0.05, 0) is 44.2 Å². The van der Waals surface area contributed by atoms with E-state index in [1.54, 1.807) is 17.7 Å². The molecule has 0 bridgehead atoms. The third-order valence-electron chi connectivity index (χ3n) is 4.85. The van der Waals surface area contributed by atoms with Crippen molar-refractivity contribution in [2.45, 2.75) is 20.0 Å². The van der Waals surface area contributed by atoms with E-state index in [9.17, 15) is 4.79 Å². The molecule has 3 heterocycles. The molecule has 1 atom stereocenters. The zero-order chi connectivity index (χ0) is 22.1. The van der Waals surface area contributed by atoms with E-state index in [0.717, 1.165) is 22.7 Å². The van der Waals surface area contributed by atoms with Crippen LogP contribution in [0.15, 0.2) is 60.0 Å². The van der Waals surface area contributed by atoms with Crippen molar-refractivity contribution in [3.63, 3.8) is 0 Å². The smallest absolute Gasteiger partial charge is 0.266 e. The summed E-state index contributed by atoms with van der Waals surface area (Å²) in [5, 5.41) is 9.98. The maximum Gasteiger partial charge on any atom is 0.266 e. The van der Waals surface area contributed by atoms with Gasteiger partial charge in [0.25, 0.3) is 5.91 Å². The van der Waals surface area contributed by atoms with Crippen molar-refractivity contribution in [1.82, 2.24) is 14.8 Å². The monoisotopic (exact) mass is 448 g/mol. The van der Waals surface area contributed by atoms with Gasteiger partial charge in [-0.15, -0.1) is 11.3 Å². The van der Waals surface area contributed by atoms with Crippen LogP contribution in [0.4, 0.5) is 5.82 Å². The lowest BCUT2D eigenvalue weighted by Gasteiger charge is -2.14. The minimum atomic E-state index is -0.679. The third-order valence-corrected chi connectivity index (χ3v) is 5.67. The fraction of sp³-hybridized carbons (Fsp3) is 0.174. The lowest BCUT2D eigenvalue weighted by atomic mass is 10.1. The first-order valence-corrected chi connectivity index (χ1v) is 10.9. The van der Waals surface area contributed by atoms with Gasteiger partial charge < -0.3 is 19.5 Å². The molecule has 0 unspecified atom stereocenters. The van der Waals surface area contributed by atoms with Gasteiger partial charge in [-0.25, -0.2) is 4.98 Å². The van der Waals surface area contributed by atoms with Gasteiger partial charge in [0, 0.05) is 17.0 Å². The van der Waals surface area contributed by atoms with Gasteiger partial charge in [-0.2, -0.15) is 9.78 Å². The molecule has 1 amide bonds. The molecule has 0 saturated heterocycles. The van der Waals surface area contributed by atoms with Crippen LogP contribution in [0.5, 0.6) is 17.2 Å². The zero-order valence-corrected chi connectivity index (χ0v) is 18.3. The van der Waals surface area contributed by atoms with Crippen molar-refractivity contribution < 1.29 is 19.0 Å². The van der Waals surface area contributed by atoms with Crippen LogP contribution in [0, 0.1) is 6.92 Å². The Bertz CT molecular complexity index is 1270. The van der Waals surface area contributed by atoms with Gasteiger partial charge in [-0.3, -0.25) is 4.79 Å². The number of hydrogen-bond acceptors (Lipinski definition) is 7.